The molecule has 0 radical (unpaired) electrons. The van der Waals surface area contributed by atoms with E-state index in [1.165, 1.54) is 23.9 Å². The summed E-state index contributed by atoms with van der Waals surface area (Å²) in [4.78, 5) is 27.5. The Morgan fingerprint density at radius 2 is 1.87 bits per heavy atom. The van der Waals surface area contributed by atoms with Crippen molar-refractivity contribution in [3.8, 4) is 0 Å². The van der Waals surface area contributed by atoms with Gasteiger partial charge in [-0.05, 0) is 48.2 Å². The highest BCUT2D eigenvalue weighted by Gasteiger charge is 2.28. The van der Waals surface area contributed by atoms with E-state index in [1.807, 2.05) is 31.2 Å². The van der Waals surface area contributed by atoms with Crippen molar-refractivity contribution in [2.24, 2.45) is 0 Å². The van der Waals surface area contributed by atoms with Crippen molar-refractivity contribution < 1.29 is 14.0 Å². The van der Waals surface area contributed by atoms with E-state index in [2.05, 4.69) is 12.2 Å². The number of unbranched alkanes of at least 4 members (excludes halogenated alkanes) is 1. The van der Waals surface area contributed by atoms with Gasteiger partial charge in [-0.25, -0.2) is 4.39 Å². The second-order valence-corrected chi connectivity index (χ2v) is 8.76. The molecule has 0 saturated heterocycles. The van der Waals surface area contributed by atoms with Crippen molar-refractivity contribution in [3.05, 3.63) is 70.5 Å². The van der Waals surface area contributed by atoms with Crippen LogP contribution >= 0.6 is 23.4 Å². The SMILES string of the molecule is CCCCNC(=O)C(CC)N(Cc1ccc(F)cc1)C(=O)CSCc1cccc(Cl)c1. The molecular formula is C24H30ClFN2O2S. The lowest BCUT2D eigenvalue weighted by Crippen LogP contribution is -2.49. The van der Waals surface area contributed by atoms with Crippen LogP contribution in [0.4, 0.5) is 4.39 Å². The maximum Gasteiger partial charge on any atom is 0.242 e. The van der Waals surface area contributed by atoms with Gasteiger partial charge >= 0.3 is 0 Å². The maximum absolute atomic E-state index is 13.3. The zero-order valence-electron chi connectivity index (χ0n) is 18.1. The summed E-state index contributed by atoms with van der Waals surface area (Å²) in [6.07, 6.45) is 2.38. The first-order chi connectivity index (χ1) is 14.9. The summed E-state index contributed by atoms with van der Waals surface area (Å²) in [5, 5.41) is 3.60. The van der Waals surface area contributed by atoms with Crippen molar-refractivity contribution in [1.29, 1.82) is 0 Å². The fraction of sp³-hybridized carbons (Fsp3) is 0.417. The van der Waals surface area contributed by atoms with Crippen LogP contribution in [0.15, 0.2) is 48.5 Å². The fourth-order valence-corrected chi connectivity index (χ4v) is 4.25. The van der Waals surface area contributed by atoms with Crippen LogP contribution in [-0.2, 0) is 21.9 Å². The highest BCUT2D eigenvalue weighted by atomic mass is 35.5. The first-order valence-electron chi connectivity index (χ1n) is 10.6. The molecule has 0 aliphatic heterocycles. The number of amides is 2. The number of carbonyl (C=O) groups excluding carboxylic acids is 2. The lowest BCUT2D eigenvalue weighted by atomic mass is 10.1. The number of rotatable bonds is 12. The van der Waals surface area contributed by atoms with Crippen LogP contribution in [0.5, 0.6) is 0 Å². The van der Waals surface area contributed by atoms with E-state index < -0.39 is 6.04 Å². The van der Waals surface area contributed by atoms with Crippen molar-refractivity contribution in [2.45, 2.75) is 51.4 Å². The molecule has 0 heterocycles. The smallest absolute Gasteiger partial charge is 0.242 e. The van der Waals surface area contributed by atoms with E-state index in [9.17, 15) is 14.0 Å². The molecular weight excluding hydrogens is 435 g/mol. The quantitative estimate of drug-likeness (QED) is 0.426. The molecule has 0 spiro atoms. The van der Waals surface area contributed by atoms with Crippen molar-refractivity contribution in [3.63, 3.8) is 0 Å². The molecule has 31 heavy (non-hydrogen) atoms. The van der Waals surface area contributed by atoms with Gasteiger partial charge in [0.1, 0.15) is 11.9 Å². The normalized spacial score (nSPS) is 11.7. The average molecular weight is 465 g/mol. The van der Waals surface area contributed by atoms with Crippen LogP contribution in [0.3, 0.4) is 0 Å². The molecule has 2 aromatic rings. The molecule has 1 unspecified atom stereocenters. The first kappa shape index (κ1) is 25.2. The molecule has 2 aromatic carbocycles. The standard InChI is InChI=1S/C24H30ClFN2O2S/c1-3-5-13-27-24(30)22(4-2)28(15-18-9-11-21(26)12-10-18)23(29)17-31-16-19-7-6-8-20(25)14-19/h6-12,14,22H,3-5,13,15-17H2,1-2H3,(H,27,30). The van der Waals surface area contributed by atoms with Crippen molar-refractivity contribution in [2.75, 3.05) is 12.3 Å². The van der Waals surface area contributed by atoms with Gasteiger partial charge in [0.2, 0.25) is 11.8 Å². The van der Waals surface area contributed by atoms with Crippen LogP contribution in [0.25, 0.3) is 0 Å². The molecule has 4 nitrogen and oxygen atoms in total. The number of nitrogens with one attached hydrogen (secondary N) is 1. The lowest BCUT2D eigenvalue weighted by molar-refractivity contribution is -0.139. The summed E-state index contributed by atoms with van der Waals surface area (Å²) in [6, 6.07) is 13.0. The van der Waals surface area contributed by atoms with E-state index in [-0.39, 0.29) is 29.9 Å². The number of carbonyl (C=O) groups is 2. The number of benzene rings is 2. The van der Waals surface area contributed by atoms with Gasteiger partial charge in [0, 0.05) is 23.9 Å². The second-order valence-electron chi connectivity index (χ2n) is 7.34. The summed E-state index contributed by atoms with van der Waals surface area (Å²) in [5.74, 6) is 0.297. The van der Waals surface area contributed by atoms with E-state index in [0.717, 1.165) is 24.0 Å². The van der Waals surface area contributed by atoms with Crippen molar-refractivity contribution in [1.82, 2.24) is 10.2 Å². The van der Waals surface area contributed by atoms with Crippen LogP contribution in [0.2, 0.25) is 5.02 Å². The lowest BCUT2D eigenvalue weighted by Gasteiger charge is -2.30. The van der Waals surface area contributed by atoms with E-state index >= 15 is 0 Å². The molecule has 7 heteroatoms. The number of nitrogens with zero attached hydrogens (tertiary/aromatic N) is 1. The van der Waals surface area contributed by atoms with Crippen molar-refractivity contribution >= 4 is 35.2 Å². The Kier molecular flexibility index (Phi) is 10.9. The number of hydrogen-bond acceptors (Lipinski definition) is 3. The Balaban J connectivity index is 2.09. The van der Waals surface area contributed by atoms with Crippen LogP contribution in [0.1, 0.15) is 44.2 Å². The highest BCUT2D eigenvalue weighted by molar-refractivity contribution is 7.99. The van der Waals surface area contributed by atoms with Gasteiger partial charge in [0.25, 0.3) is 0 Å². The molecule has 1 N–H and O–H groups in total. The molecule has 0 fully saturated rings. The van der Waals surface area contributed by atoms with Gasteiger partial charge in [-0.2, -0.15) is 0 Å². The van der Waals surface area contributed by atoms with E-state index in [0.29, 0.717) is 23.7 Å². The minimum Gasteiger partial charge on any atom is -0.354 e. The van der Waals surface area contributed by atoms with Crippen LogP contribution < -0.4 is 5.32 Å². The summed E-state index contributed by atoms with van der Waals surface area (Å²) in [7, 11) is 0. The van der Waals surface area contributed by atoms with Crippen LogP contribution in [0, 0.1) is 5.82 Å². The van der Waals surface area contributed by atoms with Gasteiger partial charge in [-0.3, -0.25) is 9.59 Å². The molecule has 2 amide bonds. The largest absolute Gasteiger partial charge is 0.354 e. The third kappa shape index (κ3) is 8.54. The molecule has 0 saturated carbocycles. The Hall–Kier alpha value is -2.05. The van der Waals surface area contributed by atoms with E-state index in [1.54, 1.807) is 17.0 Å². The summed E-state index contributed by atoms with van der Waals surface area (Å²) in [6.45, 7) is 4.81. The maximum atomic E-state index is 13.3. The Labute approximate surface area is 193 Å². The van der Waals surface area contributed by atoms with Gasteiger partial charge in [0.05, 0.1) is 5.75 Å². The zero-order valence-corrected chi connectivity index (χ0v) is 19.6. The monoisotopic (exact) mass is 464 g/mol. The minimum atomic E-state index is -0.568. The second kappa shape index (κ2) is 13.4. The number of halogens is 2. The highest BCUT2D eigenvalue weighted by Crippen LogP contribution is 2.19. The van der Waals surface area contributed by atoms with Gasteiger partial charge in [-0.1, -0.05) is 56.1 Å². The topological polar surface area (TPSA) is 49.4 Å². The first-order valence-corrected chi connectivity index (χ1v) is 12.1. The molecule has 168 valence electrons. The minimum absolute atomic E-state index is 0.117. The predicted octanol–water partition coefficient (Wildman–Crippen LogP) is 5.44. The molecule has 0 bridgehead atoms. The fourth-order valence-electron chi connectivity index (χ4n) is 3.18. The third-order valence-corrected chi connectivity index (χ3v) is 6.09. The Bertz CT molecular complexity index is 848. The van der Waals surface area contributed by atoms with Gasteiger partial charge in [0.15, 0.2) is 0 Å². The Morgan fingerprint density at radius 3 is 2.52 bits per heavy atom. The third-order valence-electron chi connectivity index (χ3n) is 4.86. The summed E-state index contributed by atoms with van der Waals surface area (Å²) >= 11 is 7.51. The summed E-state index contributed by atoms with van der Waals surface area (Å²) in [5.41, 5.74) is 1.83. The Morgan fingerprint density at radius 1 is 1.13 bits per heavy atom. The zero-order chi connectivity index (χ0) is 22.6. The van der Waals surface area contributed by atoms with E-state index in [4.69, 9.17) is 11.6 Å². The molecule has 0 aliphatic rings. The summed E-state index contributed by atoms with van der Waals surface area (Å²) < 4.78 is 13.3. The molecule has 1 atom stereocenters. The molecule has 0 aromatic heterocycles. The number of thioether (sulfide) groups is 1. The predicted molar refractivity (Wildman–Crippen MR) is 127 cm³/mol. The molecule has 2 rings (SSSR count). The number of hydrogen-bond donors (Lipinski definition) is 1. The van der Waals surface area contributed by atoms with Gasteiger partial charge in [-0.15, -0.1) is 11.8 Å². The van der Waals surface area contributed by atoms with Gasteiger partial charge < -0.3 is 10.2 Å². The average Bonchev–Trinajstić information content (AvgIpc) is 2.75. The van der Waals surface area contributed by atoms with Crippen LogP contribution in [-0.4, -0.2) is 35.1 Å². The molecule has 0 aliphatic carbocycles.